The molecule has 0 aliphatic heterocycles. The van der Waals surface area contributed by atoms with Gasteiger partial charge in [-0.3, -0.25) is 14.2 Å². The summed E-state index contributed by atoms with van der Waals surface area (Å²) in [5.41, 5.74) is -0.755. The molecule has 0 saturated heterocycles. The number of aliphatic hydroxyl groups is 1. The van der Waals surface area contributed by atoms with Gasteiger partial charge in [0.15, 0.2) is 0 Å². The minimum Gasteiger partial charge on any atom is -0.459 e. The molecular weight excluding hydrogens is 460 g/mol. The molecule has 0 amide bonds. The number of aryl methyl sites for hydroxylation is 3. The molecule has 34 heavy (non-hydrogen) atoms. The van der Waals surface area contributed by atoms with Gasteiger partial charge in [-0.05, 0) is 45.2 Å². The predicted octanol–water partition coefficient (Wildman–Crippen LogP) is 2.27. The molecule has 1 N–H and O–H groups in total. The van der Waals surface area contributed by atoms with Crippen LogP contribution in [0.2, 0.25) is 0 Å². The number of carbonyl (C=O) groups excluding carboxylic acids is 2. The third-order valence-electron chi connectivity index (χ3n) is 4.98. The molecule has 182 valence electrons. The first kappa shape index (κ1) is 25.4. The number of rotatable bonds is 8. The van der Waals surface area contributed by atoms with Crippen molar-refractivity contribution >= 4 is 33.5 Å². The van der Waals surface area contributed by atoms with Crippen molar-refractivity contribution in [3.8, 4) is 0 Å². The molecule has 3 rings (SSSR count). The Balaban J connectivity index is 2.15. The van der Waals surface area contributed by atoms with E-state index in [9.17, 15) is 19.2 Å². The summed E-state index contributed by atoms with van der Waals surface area (Å²) in [6.07, 6.45) is 0.502. The molecule has 3 aromatic rings. The van der Waals surface area contributed by atoms with Crippen LogP contribution in [0.25, 0.3) is 10.2 Å². The maximum Gasteiger partial charge on any atom is 0.348 e. The van der Waals surface area contributed by atoms with Crippen LogP contribution in [0.15, 0.2) is 39.9 Å². The lowest BCUT2D eigenvalue weighted by atomic mass is 10.1. The highest BCUT2D eigenvalue weighted by Gasteiger charge is 2.25. The lowest BCUT2D eigenvalue weighted by molar-refractivity contribution is -0.155. The Labute approximate surface area is 200 Å². The second-order valence-electron chi connectivity index (χ2n) is 8.74. The molecule has 10 heteroatoms. The molecule has 9 nitrogen and oxygen atoms in total. The molecule has 0 aliphatic rings. The van der Waals surface area contributed by atoms with Crippen LogP contribution >= 0.6 is 11.3 Å². The Morgan fingerprint density at radius 3 is 2.38 bits per heavy atom. The maximum atomic E-state index is 13.4. The minimum absolute atomic E-state index is 0.170. The van der Waals surface area contributed by atoms with E-state index in [0.717, 1.165) is 21.5 Å². The normalized spacial score (nSPS) is 11.6. The first-order chi connectivity index (χ1) is 16.0. The number of hydrogen-bond donors (Lipinski definition) is 1. The molecule has 0 spiro atoms. The molecule has 2 aromatic heterocycles. The van der Waals surface area contributed by atoms with E-state index in [1.807, 2.05) is 30.3 Å². The van der Waals surface area contributed by atoms with E-state index in [2.05, 4.69) is 0 Å². The summed E-state index contributed by atoms with van der Waals surface area (Å²) in [6, 6.07) is 9.53. The molecule has 2 heterocycles. The van der Waals surface area contributed by atoms with Gasteiger partial charge in [-0.2, -0.15) is 0 Å². The number of aromatic nitrogens is 2. The lowest BCUT2D eigenvalue weighted by Crippen LogP contribution is -2.42. The van der Waals surface area contributed by atoms with E-state index in [1.54, 1.807) is 27.7 Å². The predicted molar refractivity (Wildman–Crippen MR) is 128 cm³/mol. The summed E-state index contributed by atoms with van der Waals surface area (Å²) >= 11 is 0.987. The standard InChI is InChI=1S/C24H28N2O7S/c1-15-18-20(29)26(14-17(28)33-24(2,3)4)23(31)25(11-10-16-8-6-5-7-9-16)21(18)34-19(15)22(30)32-13-12-27/h5-9,27H,10-14H2,1-4H3. The molecular formula is C24H28N2O7S. The van der Waals surface area contributed by atoms with Gasteiger partial charge < -0.3 is 14.6 Å². The topological polar surface area (TPSA) is 117 Å². The smallest absolute Gasteiger partial charge is 0.348 e. The van der Waals surface area contributed by atoms with Gasteiger partial charge in [0.05, 0.1) is 12.0 Å². The van der Waals surface area contributed by atoms with Crippen molar-refractivity contribution in [3.05, 3.63) is 67.2 Å². The zero-order chi connectivity index (χ0) is 25.0. The second-order valence-corrected chi connectivity index (χ2v) is 9.74. The van der Waals surface area contributed by atoms with Crippen LogP contribution in [0, 0.1) is 6.92 Å². The highest BCUT2D eigenvalue weighted by Crippen LogP contribution is 2.28. The van der Waals surface area contributed by atoms with Crippen LogP contribution < -0.4 is 11.2 Å². The Hall–Kier alpha value is -3.24. The van der Waals surface area contributed by atoms with Crippen molar-refractivity contribution < 1.29 is 24.2 Å². The summed E-state index contributed by atoms with van der Waals surface area (Å²) in [5, 5.41) is 9.14. The lowest BCUT2D eigenvalue weighted by Gasteiger charge is -2.20. The van der Waals surface area contributed by atoms with Gasteiger partial charge in [0.25, 0.3) is 5.56 Å². The Morgan fingerprint density at radius 2 is 1.76 bits per heavy atom. The van der Waals surface area contributed by atoms with Crippen LogP contribution in [0.5, 0.6) is 0 Å². The van der Waals surface area contributed by atoms with Crippen molar-refractivity contribution in [2.75, 3.05) is 13.2 Å². The van der Waals surface area contributed by atoms with E-state index in [-0.39, 0.29) is 30.0 Å². The van der Waals surface area contributed by atoms with Gasteiger partial charge >= 0.3 is 17.6 Å². The van der Waals surface area contributed by atoms with Crippen LogP contribution in [0.3, 0.4) is 0 Å². The number of thiophene rings is 1. The van der Waals surface area contributed by atoms with Crippen molar-refractivity contribution in [2.45, 2.75) is 52.8 Å². The summed E-state index contributed by atoms with van der Waals surface area (Å²) < 4.78 is 12.6. The molecule has 0 saturated carbocycles. The molecule has 0 fully saturated rings. The monoisotopic (exact) mass is 488 g/mol. The van der Waals surface area contributed by atoms with Gasteiger partial charge in [0.1, 0.15) is 28.5 Å². The van der Waals surface area contributed by atoms with Crippen molar-refractivity contribution in [1.82, 2.24) is 9.13 Å². The van der Waals surface area contributed by atoms with Crippen LogP contribution in [0.1, 0.15) is 41.6 Å². The quantitative estimate of drug-likeness (QED) is 0.484. The SMILES string of the molecule is Cc1c(C(=O)OCCO)sc2c1c(=O)n(CC(=O)OC(C)(C)C)c(=O)n2CCc1ccccc1. The molecule has 0 radical (unpaired) electrons. The average molecular weight is 489 g/mol. The summed E-state index contributed by atoms with van der Waals surface area (Å²) in [7, 11) is 0. The maximum absolute atomic E-state index is 13.4. The van der Waals surface area contributed by atoms with Gasteiger partial charge in [-0.25, -0.2) is 14.2 Å². The first-order valence-corrected chi connectivity index (χ1v) is 11.7. The summed E-state index contributed by atoms with van der Waals surface area (Å²) in [4.78, 5) is 52.1. The number of esters is 2. The number of fused-ring (bicyclic) bond motifs is 1. The number of carbonyl (C=O) groups is 2. The highest BCUT2D eigenvalue weighted by molar-refractivity contribution is 7.20. The van der Waals surface area contributed by atoms with Gasteiger partial charge in [0, 0.05) is 6.54 Å². The van der Waals surface area contributed by atoms with Crippen molar-refractivity contribution in [2.24, 2.45) is 0 Å². The average Bonchev–Trinajstić information content (AvgIpc) is 3.11. The summed E-state index contributed by atoms with van der Waals surface area (Å²) in [5.74, 6) is -1.40. The minimum atomic E-state index is -0.779. The third-order valence-corrected chi connectivity index (χ3v) is 6.27. The van der Waals surface area contributed by atoms with E-state index < -0.39 is 35.3 Å². The van der Waals surface area contributed by atoms with Crippen LogP contribution in [0.4, 0.5) is 0 Å². The second kappa shape index (κ2) is 10.4. The van der Waals surface area contributed by atoms with Gasteiger partial charge in [-0.1, -0.05) is 30.3 Å². The Kier molecular flexibility index (Phi) is 7.73. The van der Waals surface area contributed by atoms with Gasteiger partial charge in [-0.15, -0.1) is 11.3 Å². The van der Waals surface area contributed by atoms with E-state index in [4.69, 9.17) is 14.6 Å². The highest BCUT2D eigenvalue weighted by atomic mass is 32.1. The fourth-order valence-corrected chi connectivity index (χ4v) is 4.73. The van der Waals surface area contributed by atoms with E-state index in [1.165, 1.54) is 4.57 Å². The van der Waals surface area contributed by atoms with E-state index in [0.29, 0.717) is 16.8 Å². The largest absolute Gasteiger partial charge is 0.459 e. The van der Waals surface area contributed by atoms with Crippen LogP contribution in [-0.4, -0.2) is 45.0 Å². The molecule has 1 aromatic carbocycles. The van der Waals surface area contributed by atoms with E-state index >= 15 is 0 Å². The zero-order valence-corrected chi connectivity index (χ0v) is 20.4. The Bertz CT molecular complexity index is 1310. The summed E-state index contributed by atoms with van der Waals surface area (Å²) in [6.45, 7) is 5.86. The fourth-order valence-electron chi connectivity index (χ4n) is 3.52. The first-order valence-electron chi connectivity index (χ1n) is 10.8. The number of benzene rings is 1. The third kappa shape index (κ3) is 5.63. The van der Waals surface area contributed by atoms with Crippen LogP contribution in [-0.2, 0) is 33.8 Å². The molecule has 0 aliphatic carbocycles. The number of aliphatic hydroxyl groups excluding tert-OH is 1. The number of ether oxygens (including phenoxy) is 2. The molecule has 0 unspecified atom stereocenters. The molecule has 0 atom stereocenters. The zero-order valence-electron chi connectivity index (χ0n) is 19.6. The van der Waals surface area contributed by atoms with Gasteiger partial charge in [0.2, 0.25) is 0 Å². The van der Waals surface area contributed by atoms with Crippen molar-refractivity contribution in [1.29, 1.82) is 0 Å². The fraction of sp³-hybridized carbons (Fsp3) is 0.417. The number of nitrogens with zero attached hydrogens (tertiary/aromatic N) is 2. The number of hydrogen-bond acceptors (Lipinski definition) is 8. The molecule has 0 bridgehead atoms. The van der Waals surface area contributed by atoms with Crippen molar-refractivity contribution in [3.63, 3.8) is 0 Å². The Morgan fingerprint density at radius 1 is 1.09 bits per heavy atom.